The summed E-state index contributed by atoms with van der Waals surface area (Å²) in [6.45, 7) is -0.337. The van der Waals surface area contributed by atoms with Gasteiger partial charge >= 0.3 is 6.36 Å². The van der Waals surface area contributed by atoms with Crippen LogP contribution >= 0.6 is 7.82 Å². The second-order valence-electron chi connectivity index (χ2n) is 5.60. The van der Waals surface area contributed by atoms with Crippen LogP contribution in [0.25, 0.3) is 0 Å². The number of benzene rings is 1. The summed E-state index contributed by atoms with van der Waals surface area (Å²) >= 11 is 0. The minimum atomic E-state index is -5.34. The summed E-state index contributed by atoms with van der Waals surface area (Å²) < 4.78 is 53.8. The van der Waals surface area contributed by atoms with Crippen LogP contribution in [0.1, 0.15) is 49.1 Å². The topological polar surface area (TPSA) is 58.6 Å². The molecule has 0 aliphatic heterocycles. The van der Waals surface area contributed by atoms with Crippen LogP contribution in [-0.2, 0) is 20.0 Å². The Hall–Kier alpha value is -0.880. The monoisotopic (exact) mass is 351 g/mol. The van der Waals surface area contributed by atoms with E-state index in [0.717, 1.165) is 18.4 Å². The number of rotatable bonds is 7. The molecule has 2 rings (SSSR count). The molecule has 1 unspecified atom stereocenters. The number of hydrogen-bond acceptors (Lipinski definition) is 4. The quantitative estimate of drug-likeness (QED) is 0.543. The second-order valence-corrected chi connectivity index (χ2v) is 6.94. The Kier molecular flexibility index (Phi) is 6.26. The first-order valence-corrected chi connectivity index (χ1v) is 9.04. The highest BCUT2D eigenvalue weighted by molar-refractivity contribution is 7.45. The fourth-order valence-corrected chi connectivity index (χ4v) is 3.65. The van der Waals surface area contributed by atoms with Crippen molar-refractivity contribution in [3.63, 3.8) is 0 Å². The van der Waals surface area contributed by atoms with Crippen LogP contribution in [0.2, 0.25) is 0 Å². The van der Waals surface area contributed by atoms with Crippen molar-refractivity contribution in [2.24, 2.45) is 0 Å². The number of alkyl halides is 3. The number of phosphoric acid groups is 1. The van der Waals surface area contributed by atoms with Gasteiger partial charge in [0.2, 0.25) is 0 Å². The maximum absolute atomic E-state index is 11.9. The Balaban J connectivity index is 1.84. The smallest absolute Gasteiger partial charge is 0.528 e. The first kappa shape index (κ1) is 18.5. The van der Waals surface area contributed by atoms with Crippen molar-refractivity contribution in [2.45, 2.75) is 50.8 Å². The van der Waals surface area contributed by atoms with Crippen LogP contribution in [0.15, 0.2) is 24.3 Å². The molecule has 8 heteroatoms. The summed E-state index contributed by atoms with van der Waals surface area (Å²) in [7, 11) is -5.34. The third-order valence-electron chi connectivity index (χ3n) is 3.91. The van der Waals surface area contributed by atoms with E-state index in [1.165, 1.54) is 18.4 Å². The maximum Gasteiger partial charge on any atom is 0.528 e. The highest BCUT2D eigenvalue weighted by atomic mass is 31.2. The molecule has 130 valence electrons. The standard InChI is InChI=1S/C15H20F3O4P/c16-15(17,18)22-23(19,20)21-11-5-9-13-8-3-4-10-14(13)12-6-1-2-7-12/h3-4,8,10,12H,1-2,5-7,9,11H2,(H,19,20)/p-1. The number of halogens is 3. The summed E-state index contributed by atoms with van der Waals surface area (Å²) in [6, 6.07) is 7.91. The Morgan fingerprint density at radius 1 is 1.22 bits per heavy atom. The number of phosphoric ester groups is 1. The minimum Gasteiger partial charge on any atom is -0.756 e. The van der Waals surface area contributed by atoms with Crippen molar-refractivity contribution in [3.05, 3.63) is 35.4 Å². The second kappa shape index (κ2) is 7.79. The van der Waals surface area contributed by atoms with Crippen LogP contribution in [-0.4, -0.2) is 13.0 Å². The van der Waals surface area contributed by atoms with Crippen molar-refractivity contribution >= 4 is 7.82 Å². The average Bonchev–Trinajstić information content (AvgIpc) is 2.95. The summed E-state index contributed by atoms with van der Waals surface area (Å²) in [4.78, 5) is 11.0. The van der Waals surface area contributed by atoms with Crippen LogP contribution in [0.4, 0.5) is 13.2 Å². The van der Waals surface area contributed by atoms with E-state index >= 15 is 0 Å². The van der Waals surface area contributed by atoms with Crippen molar-refractivity contribution in [1.29, 1.82) is 0 Å². The molecule has 0 saturated heterocycles. The van der Waals surface area contributed by atoms with Crippen molar-refractivity contribution in [3.8, 4) is 0 Å². The van der Waals surface area contributed by atoms with Gasteiger partial charge in [0, 0.05) is 0 Å². The molecule has 0 aromatic heterocycles. The van der Waals surface area contributed by atoms with Crippen LogP contribution in [0.3, 0.4) is 0 Å². The Labute approximate surface area is 133 Å². The molecule has 0 amide bonds. The van der Waals surface area contributed by atoms with Gasteiger partial charge < -0.3 is 9.42 Å². The summed E-state index contributed by atoms with van der Waals surface area (Å²) in [5.74, 6) is 0.520. The molecule has 0 heterocycles. The maximum atomic E-state index is 11.9. The van der Waals surface area contributed by atoms with Gasteiger partial charge in [0.1, 0.15) is 0 Å². The molecule has 0 spiro atoms. The minimum absolute atomic E-state index is 0.303. The molecule has 0 radical (unpaired) electrons. The summed E-state index contributed by atoms with van der Waals surface area (Å²) in [5, 5.41) is 0. The van der Waals surface area contributed by atoms with E-state index in [9.17, 15) is 22.6 Å². The van der Waals surface area contributed by atoms with Gasteiger partial charge in [0.05, 0.1) is 6.61 Å². The fraction of sp³-hybridized carbons (Fsp3) is 0.600. The summed E-state index contributed by atoms with van der Waals surface area (Å²) in [5.41, 5.74) is 2.35. The van der Waals surface area contributed by atoms with Crippen LogP contribution in [0.5, 0.6) is 0 Å². The lowest BCUT2D eigenvalue weighted by molar-refractivity contribution is -0.322. The molecular weight excluding hydrogens is 332 g/mol. The van der Waals surface area contributed by atoms with Crippen molar-refractivity contribution < 1.29 is 31.7 Å². The lowest BCUT2D eigenvalue weighted by Gasteiger charge is -2.23. The molecular formula is C15H19F3O4P-. The van der Waals surface area contributed by atoms with Gasteiger partial charge in [-0.2, -0.15) is 0 Å². The van der Waals surface area contributed by atoms with E-state index in [4.69, 9.17) is 0 Å². The van der Waals surface area contributed by atoms with E-state index in [2.05, 4.69) is 15.1 Å². The zero-order valence-corrected chi connectivity index (χ0v) is 13.4. The molecule has 1 aromatic rings. The van der Waals surface area contributed by atoms with Gasteiger partial charge in [-0.15, -0.1) is 13.2 Å². The molecule has 1 fully saturated rings. The predicted octanol–water partition coefficient (Wildman–Crippen LogP) is 4.30. The normalized spacial score (nSPS) is 19.0. The third-order valence-corrected chi connectivity index (χ3v) is 4.83. The molecule has 1 aromatic carbocycles. The first-order valence-electron chi connectivity index (χ1n) is 7.58. The molecule has 0 N–H and O–H groups in total. The highest BCUT2D eigenvalue weighted by Gasteiger charge is 2.35. The SMILES string of the molecule is O=P([O-])(OCCCc1ccccc1C1CCCC1)OC(F)(F)F. The Morgan fingerprint density at radius 2 is 1.87 bits per heavy atom. The van der Waals surface area contributed by atoms with Gasteiger partial charge in [-0.25, -0.2) is 4.52 Å². The van der Waals surface area contributed by atoms with Crippen LogP contribution in [0, 0.1) is 0 Å². The predicted molar refractivity (Wildman–Crippen MR) is 76.7 cm³/mol. The molecule has 0 bridgehead atoms. The highest BCUT2D eigenvalue weighted by Crippen LogP contribution is 2.45. The van der Waals surface area contributed by atoms with Crippen LogP contribution < -0.4 is 4.89 Å². The van der Waals surface area contributed by atoms with E-state index < -0.39 is 14.2 Å². The largest absolute Gasteiger partial charge is 0.756 e. The van der Waals surface area contributed by atoms with Crippen molar-refractivity contribution in [2.75, 3.05) is 6.61 Å². The zero-order valence-electron chi connectivity index (χ0n) is 12.6. The number of hydrogen-bond donors (Lipinski definition) is 0. The number of aryl methyl sites for hydroxylation is 1. The third kappa shape index (κ3) is 6.26. The molecule has 1 aliphatic rings. The Morgan fingerprint density at radius 3 is 2.52 bits per heavy atom. The van der Waals surface area contributed by atoms with Gasteiger partial charge in [-0.1, -0.05) is 37.1 Å². The average molecular weight is 351 g/mol. The zero-order chi connectivity index (χ0) is 16.9. The van der Waals surface area contributed by atoms with E-state index in [0.29, 0.717) is 18.8 Å². The van der Waals surface area contributed by atoms with Gasteiger partial charge in [0.25, 0.3) is 7.82 Å². The molecule has 1 saturated carbocycles. The lowest BCUT2D eigenvalue weighted by Crippen LogP contribution is -2.19. The molecule has 23 heavy (non-hydrogen) atoms. The van der Waals surface area contributed by atoms with Crippen molar-refractivity contribution in [1.82, 2.24) is 0 Å². The van der Waals surface area contributed by atoms with Gasteiger partial charge in [-0.3, -0.25) is 4.57 Å². The molecule has 1 aliphatic carbocycles. The Bertz CT molecular complexity index is 556. The van der Waals surface area contributed by atoms with E-state index in [1.54, 1.807) is 0 Å². The molecule has 4 nitrogen and oxygen atoms in total. The fourth-order valence-electron chi connectivity index (χ4n) is 2.99. The summed E-state index contributed by atoms with van der Waals surface area (Å²) in [6.07, 6.45) is 0.292. The van der Waals surface area contributed by atoms with Gasteiger partial charge in [-0.05, 0) is 42.7 Å². The van der Waals surface area contributed by atoms with E-state index in [1.807, 2.05) is 18.2 Å². The van der Waals surface area contributed by atoms with E-state index in [-0.39, 0.29) is 6.61 Å². The van der Waals surface area contributed by atoms with Gasteiger partial charge in [0.15, 0.2) is 0 Å². The molecule has 1 atom stereocenters. The lowest BCUT2D eigenvalue weighted by atomic mass is 9.91. The first-order chi connectivity index (χ1) is 10.8.